The molecule has 0 saturated heterocycles. The number of carbonyl (C=O) groups is 1. The number of aryl methyl sites for hydroxylation is 1. The zero-order valence-corrected chi connectivity index (χ0v) is 19.2. The fraction of sp³-hybridized carbons (Fsp3) is 0.174. The molecule has 0 fully saturated rings. The Balaban J connectivity index is 1.69. The number of aromatic nitrogens is 2. The van der Waals surface area contributed by atoms with Crippen LogP contribution in [0.2, 0.25) is 0 Å². The molecular formula is C23H21N3O4S2. The van der Waals surface area contributed by atoms with Crippen molar-refractivity contribution in [3.8, 4) is 11.1 Å². The second-order valence-corrected chi connectivity index (χ2v) is 10.3. The van der Waals surface area contributed by atoms with E-state index in [1.807, 2.05) is 23.1 Å². The molecule has 0 atom stereocenters. The van der Waals surface area contributed by atoms with E-state index < -0.39 is 15.9 Å². The van der Waals surface area contributed by atoms with Crippen molar-refractivity contribution in [3.05, 3.63) is 86.5 Å². The quantitative estimate of drug-likeness (QED) is 0.470. The number of nitrogens with one attached hydrogen (secondary N) is 1. The summed E-state index contributed by atoms with van der Waals surface area (Å²) in [5.74, 6) is -0.701. The number of sulfonamides is 1. The molecule has 0 spiro atoms. The topological polar surface area (TPSA) is 98.1 Å². The van der Waals surface area contributed by atoms with E-state index in [0.717, 1.165) is 22.3 Å². The number of nitrogens with zero attached hydrogens (tertiary/aromatic N) is 2. The van der Waals surface area contributed by atoms with Crippen LogP contribution in [0.1, 0.15) is 16.1 Å². The molecule has 9 heteroatoms. The maximum absolute atomic E-state index is 13.0. The lowest BCUT2D eigenvalue weighted by molar-refractivity contribution is -0.118. The first kappa shape index (κ1) is 21.9. The second-order valence-electron chi connectivity index (χ2n) is 7.60. The van der Waals surface area contributed by atoms with Gasteiger partial charge in [0.15, 0.2) is 0 Å². The fourth-order valence-electron chi connectivity index (χ4n) is 3.45. The van der Waals surface area contributed by atoms with Gasteiger partial charge in [-0.3, -0.25) is 14.3 Å². The molecule has 0 aliphatic heterocycles. The third-order valence-corrected chi connectivity index (χ3v) is 6.44. The summed E-state index contributed by atoms with van der Waals surface area (Å²) in [4.78, 5) is 26.2. The Kier molecular flexibility index (Phi) is 5.94. The summed E-state index contributed by atoms with van der Waals surface area (Å²) in [5.41, 5.74) is 3.42. The van der Waals surface area contributed by atoms with Gasteiger partial charge < -0.3 is 0 Å². The number of hydrogen-bond donors (Lipinski definition) is 1. The van der Waals surface area contributed by atoms with Crippen LogP contribution in [0.5, 0.6) is 0 Å². The lowest BCUT2D eigenvalue weighted by atomic mass is 10.1. The van der Waals surface area contributed by atoms with Gasteiger partial charge >= 0.3 is 0 Å². The summed E-state index contributed by atoms with van der Waals surface area (Å²) in [6.07, 6.45) is 0.659. The van der Waals surface area contributed by atoms with Crippen LogP contribution in [0.4, 0.5) is 0 Å². The van der Waals surface area contributed by atoms with Gasteiger partial charge in [-0.25, -0.2) is 13.1 Å². The van der Waals surface area contributed by atoms with E-state index in [0.29, 0.717) is 16.5 Å². The standard InChI is InChI=1S/C23H21N3O4S2/c1-15-7-9-16(10-8-15)17-11-18(31-14-17)13-26-23(28)20-6-4-3-5-19(20)21(24-26)12-22(27)25-32(2,29)30/h3-11,14H,12-13H2,1-2H3,(H,25,27). The minimum atomic E-state index is -3.68. The van der Waals surface area contributed by atoms with Gasteiger partial charge in [0.25, 0.3) is 5.56 Å². The Morgan fingerprint density at radius 3 is 2.44 bits per heavy atom. The molecule has 2 aromatic heterocycles. The molecule has 164 valence electrons. The Bertz CT molecular complexity index is 1470. The van der Waals surface area contributed by atoms with Crippen molar-refractivity contribution in [1.29, 1.82) is 0 Å². The first-order valence-electron chi connectivity index (χ1n) is 9.83. The smallest absolute Gasteiger partial charge is 0.274 e. The van der Waals surface area contributed by atoms with E-state index in [-0.39, 0.29) is 18.5 Å². The molecule has 0 radical (unpaired) electrons. The van der Waals surface area contributed by atoms with Gasteiger partial charge in [0, 0.05) is 10.3 Å². The average Bonchev–Trinajstić information content (AvgIpc) is 3.19. The molecule has 0 aliphatic rings. The van der Waals surface area contributed by atoms with Crippen LogP contribution >= 0.6 is 11.3 Å². The van der Waals surface area contributed by atoms with Crippen molar-refractivity contribution in [2.75, 3.05) is 6.26 Å². The van der Waals surface area contributed by atoms with Gasteiger partial charge in [-0.2, -0.15) is 5.10 Å². The molecular weight excluding hydrogens is 446 g/mol. The molecule has 2 aromatic carbocycles. The van der Waals surface area contributed by atoms with Crippen molar-refractivity contribution in [1.82, 2.24) is 14.5 Å². The van der Waals surface area contributed by atoms with Crippen molar-refractivity contribution in [2.24, 2.45) is 0 Å². The Morgan fingerprint density at radius 1 is 1.06 bits per heavy atom. The van der Waals surface area contributed by atoms with E-state index in [2.05, 4.69) is 29.4 Å². The van der Waals surface area contributed by atoms with Crippen LogP contribution in [0.3, 0.4) is 0 Å². The van der Waals surface area contributed by atoms with E-state index in [1.165, 1.54) is 21.6 Å². The average molecular weight is 468 g/mol. The van der Waals surface area contributed by atoms with Crippen LogP contribution in [0.25, 0.3) is 21.9 Å². The van der Waals surface area contributed by atoms with Crippen LogP contribution in [0, 0.1) is 6.92 Å². The molecule has 0 bridgehead atoms. The van der Waals surface area contributed by atoms with Gasteiger partial charge in [0.2, 0.25) is 15.9 Å². The van der Waals surface area contributed by atoms with E-state index >= 15 is 0 Å². The highest BCUT2D eigenvalue weighted by Gasteiger charge is 2.16. The predicted octanol–water partition coefficient (Wildman–Crippen LogP) is 3.10. The van der Waals surface area contributed by atoms with Crippen LogP contribution < -0.4 is 10.3 Å². The minimum Gasteiger partial charge on any atom is -0.274 e. The number of rotatable bonds is 6. The highest BCUT2D eigenvalue weighted by Crippen LogP contribution is 2.26. The normalized spacial score (nSPS) is 11.6. The van der Waals surface area contributed by atoms with E-state index in [4.69, 9.17) is 0 Å². The van der Waals surface area contributed by atoms with Crippen LogP contribution in [0.15, 0.2) is 64.8 Å². The van der Waals surface area contributed by atoms with Gasteiger partial charge in [0.1, 0.15) is 0 Å². The molecule has 0 aliphatic carbocycles. The van der Waals surface area contributed by atoms with E-state index in [9.17, 15) is 18.0 Å². The van der Waals surface area contributed by atoms with Crippen LogP contribution in [-0.4, -0.2) is 30.4 Å². The van der Waals surface area contributed by atoms with E-state index in [1.54, 1.807) is 24.3 Å². The Labute approximate surface area is 189 Å². The van der Waals surface area contributed by atoms with Crippen molar-refractivity contribution in [2.45, 2.75) is 19.9 Å². The van der Waals surface area contributed by atoms with Crippen molar-refractivity contribution in [3.63, 3.8) is 0 Å². The number of fused-ring (bicyclic) bond motifs is 1. The Hall–Kier alpha value is -3.30. The highest BCUT2D eigenvalue weighted by molar-refractivity contribution is 7.89. The molecule has 7 nitrogen and oxygen atoms in total. The number of thiophene rings is 1. The molecule has 4 aromatic rings. The maximum Gasteiger partial charge on any atom is 0.274 e. The number of amides is 1. The zero-order chi connectivity index (χ0) is 22.9. The molecule has 0 saturated carbocycles. The van der Waals surface area contributed by atoms with Gasteiger partial charge in [-0.05, 0) is 35.6 Å². The van der Waals surface area contributed by atoms with Gasteiger partial charge in [-0.1, -0.05) is 48.0 Å². The minimum absolute atomic E-state index is 0.251. The molecule has 1 amide bonds. The number of benzene rings is 2. The summed E-state index contributed by atoms with van der Waals surface area (Å²) in [6, 6.07) is 17.1. The molecule has 32 heavy (non-hydrogen) atoms. The maximum atomic E-state index is 13.0. The first-order valence-corrected chi connectivity index (χ1v) is 12.6. The third kappa shape index (κ3) is 4.95. The summed E-state index contributed by atoms with van der Waals surface area (Å²) < 4.78 is 26.1. The largest absolute Gasteiger partial charge is 0.274 e. The number of carbonyl (C=O) groups excluding carboxylic acids is 1. The lowest BCUT2D eigenvalue weighted by Crippen LogP contribution is -2.32. The molecule has 0 unspecified atom stereocenters. The summed E-state index contributed by atoms with van der Waals surface area (Å²) >= 11 is 1.53. The zero-order valence-electron chi connectivity index (χ0n) is 17.5. The summed E-state index contributed by atoms with van der Waals surface area (Å²) in [5, 5.41) is 7.41. The molecule has 2 heterocycles. The summed E-state index contributed by atoms with van der Waals surface area (Å²) in [6.45, 7) is 2.29. The summed E-state index contributed by atoms with van der Waals surface area (Å²) in [7, 11) is -3.68. The fourth-order valence-corrected chi connectivity index (χ4v) is 4.81. The third-order valence-electron chi connectivity index (χ3n) is 4.92. The molecule has 1 N–H and O–H groups in total. The first-order chi connectivity index (χ1) is 15.2. The monoisotopic (exact) mass is 467 g/mol. The molecule has 4 rings (SSSR count). The predicted molar refractivity (Wildman–Crippen MR) is 126 cm³/mol. The Morgan fingerprint density at radius 2 is 1.75 bits per heavy atom. The van der Waals surface area contributed by atoms with Crippen molar-refractivity contribution >= 4 is 38.0 Å². The van der Waals surface area contributed by atoms with Gasteiger partial charge in [-0.15, -0.1) is 11.3 Å². The highest BCUT2D eigenvalue weighted by atomic mass is 32.2. The number of hydrogen-bond acceptors (Lipinski definition) is 6. The lowest BCUT2D eigenvalue weighted by Gasteiger charge is -2.10. The van der Waals surface area contributed by atoms with Crippen LogP contribution in [-0.2, 0) is 27.8 Å². The van der Waals surface area contributed by atoms with Crippen molar-refractivity contribution < 1.29 is 13.2 Å². The second kappa shape index (κ2) is 8.68. The SMILES string of the molecule is Cc1ccc(-c2csc(Cn3nc(CC(=O)NS(C)(=O)=O)c4ccccc4c3=O)c2)cc1. The van der Waals surface area contributed by atoms with Gasteiger partial charge in [0.05, 0.1) is 30.3 Å².